The monoisotopic (exact) mass is 351 g/mol. The van der Waals surface area contributed by atoms with Crippen molar-refractivity contribution in [1.82, 2.24) is 9.73 Å². The summed E-state index contributed by atoms with van der Waals surface area (Å²) < 4.78 is 32.9. The highest BCUT2D eigenvalue weighted by atomic mass is 32.2. The Balaban J connectivity index is 1.74. The summed E-state index contributed by atoms with van der Waals surface area (Å²) in [6.07, 6.45) is 3.63. The Bertz CT molecular complexity index is 752. The maximum Gasteiger partial charge on any atom is 0.264 e. The number of nitrogen functional groups attached to an aromatic ring is 1. The lowest BCUT2D eigenvalue weighted by Gasteiger charge is -2.31. The van der Waals surface area contributed by atoms with Crippen LogP contribution in [0.4, 0.5) is 5.69 Å². The van der Waals surface area contributed by atoms with Gasteiger partial charge in [-0.2, -0.15) is 5.10 Å². The minimum absolute atomic E-state index is 0.0686. The van der Waals surface area contributed by atoms with Gasteiger partial charge in [0, 0.05) is 37.6 Å². The van der Waals surface area contributed by atoms with Gasteiger partial charge in [0.25, 0.3) is 10.0 Å². The molecule has 2 aliphatic rings. The number of nitrogens with zero attached hydrogens (tertiary/aromatic N) is 3. The number of guanidine groups is 1. The Kier molecular flexibility index (Phi) is 4.46. The molecule has 8 nitrogen and oxygen atoms in total. The zero-order chi connectivity index (χ0) is 17.2. The number of sulfonamides is 1. The molecule has 0 aromatic heterocycles. The maximum atomic E-state index is 12.5. The Morgan fingerprint density at radius 2 is 2.00 bits per heavy atom. The largest absolute Gasteiger partial charge is 0.399 e. The smallest absolute Gasteiger partial charge is 0.264 e. The van der Waals surface area contributed by atoms with E-state index in [0.29, 0.717) is 25.4 Å². The molecular weight excluding hydrogens is 330 g/mol. The van der Waals surface area contributed by atoms with Crippen molar-refractivity contribution < 1.29 is 13.2 Å². The van der Waals surface area contributed by atoms with Gasteiger partial charge in [-0.25, -0.2) is 18.1 Å². The normalized spacial score (nSPS) is 20.5. The van der Waals surface area contributed by atoms with Crippen LogP contribution in [0.5, 0.6) is 0 Å². The van der Waals surface area contributed by atoms with Crippen molar-refractivity contribution in [3.05, 3.63) is 24.3 Å². The molecule has 1 saturated heterocycles. The van der Waals surface area contributed by atoms with Crippen molar-refractivity contribution >= 4 is 27.9 Å². The molecular formula is C15H21N5O3S. The fourth-order valence-electron chi connectivity index (χ4n) is 2.81. The molecule has 9 heteroatoms. The number of nitrogens with two attached hydrogens (primary N) is 1. The van der Waals surface area contributed by atoms with Crippen LogP contribution in [0.1, 0.15) is 12.8 Å². The first-order valence-electron chi connectivity index (χ1n) is 7.70. The third-order valence-electron chi connectivity index (χ3n) is 4.30. The van der Waals surface area contributed by atoms with Gasteiger partial charge < -0.3 is 10.5 Å². The molecule has 0 radical (unpaired) electrons. The number of hydrazone groups is 1. The van der Waals surface area contributed by atoms with E-state index >= 15 is 0 Å². The summed E-state index contributed by atoms with van der Waals surface area (Å²) in [6, 6.07) is 6.00. The van der Waals surface area contributed by atoms with E-state index in [2.05, 4.69) is 14.8 Å². The van der Waals surface area contributed by atoms with E-state index in [-0.39, 0.29) is 16.3 Å². The fraction of sp³-hybridized carbons (Fsp3) is 0.467. The Morgan fingerprint density at radius 1 is 1.33 bits per heavy atom. The number of nitrogens with one attached hydrogen (secondary N) is 1. The highest BCUT2D eigenvalue weighted by Crippen LogP contribution is 2.33. The number of hydrogen-bond donors (Lipinski definition) is 2. The third-order valence-corrected chi connectivity index (χ3v) is 5.64. The predicted octanol–water partition coefficient (Wildman–Crippen LogP) is 0.631. The number of anilines is 1. The van der Waals surface area contributed by atoms with Crippen molar-refractivity contribution in [3.63, 3.8) is 0 Å². The van der Waals surface area contributed by atoms with E-state index in [9.17, 15) is 8.42 Å². The molecule has 0 unspecified atom stereocenters. The Morgan fingerprint density at radius 3 is 2.62 bits per heavy atom. The average Bonchev–Trinajstić information content (AvgIpc) is 2.97. The molecule has 3 rings (SSSR count). The number of rotatable bonds is 2. The molecule has 1 spiro atoms. The molecule has 0 aliphatic carbocycles. The minimum atomic E-state index is -3.74. The standard InChI is InChI=1S/C15H21N5O3S/c1-17-14(19-24(21,22)13-4-2-12(16)3-5-13)20-11-15(10-18-20)6-8-23-9-7-15/h2-5,10H,6-9,11,16H2,1H3,(H,17,19). The van der Waals surface area contributed by atoms with Gasteiger partial charge >= 0.3 is 0 Å². The van der Waals surface area contributed by atoms with Crippen molar-refractivity contribution in [2.75, 3.05) is 32.5 Å². The molecule has 2 heterocycles. The molecule has 0 saturated carbocycles. The summed E-state index contributed by atoms with van der Waals surface area (Å²) in [5.74, 6) is 0.200. The van der Waals surface area contributed by atoms with Gasteiger partial charge in [0.1, 0.15) is 0 Å². The Hall–Kier alpha value is -2.13. The molecule has 3 N–H and O–H groups in total. The third kappa shape index (κ3) is 3.36. The van der Waals surface area contributed by atoms with Gasteiger partial charge in [-0.1, -0.05) is 0 Å². The Labute approximate surface area is 141 Å². The van der Waals surface area contributed by atoms with E-state index < -0.39 is 10.0 Å². The molecule has 0 amide bonds. The summed E-state index contributed by atoms with van der Waals surface area (Å²) in [4.78, 5) is 4.19. The van der Waals surface area contributed by atoms with Crippen LogP contribution in [0.2, 0.25) is 0 Å². The van der Waals surface area contributed by atoms with Crippen molar-refractivity contribution in [2.45, 2.75) is 17.7 Å². The van der Waals surface area contributed by atoms with Crippen LogP contribution in [0.15, 0.2) is 39.3 Å². The number of benzene rings is 1. The first-order valence-corrected chi connectivity index (χ1v) is 9.18. The second-order valence-electron chi connectivity index (χ2n) is 6.00. The molecule has 0 atom stereocenters. The zero-order valence-corrected chi connectivity index (χ0v) is 14.3. The molecule has 2 aliphatic heterocycles. The van der Waals surface area contributed by atoms with E-state index in [1.54, 1.807) is 17.1 Å². The first kappa shape index (κ1) is 16.7. The van der Waals surface area contributed by atoms with Gasteiger partial charge in [-0.05, 0) is 37.1 Å². The van der Waals surface area contributed by atoms with Crippen molar-refractivity contribution in [2.24, 2.45) is 15.5 Å². The zero-order valence-electron chi connectivity index (χ0n) is 13.5. The lowest BCUT2D eigenvalue weighted by Crippen LogP contribution is -2.44. The van der Waals surface area contributed by atoms with Crippen LogP contribution in [0.3, 0.4) is 0 Å². The van der Waals surface area contributed by atoms with Crippen LogP contribution < -0.4 is 10.5 Å². The second kappa shape index (κ2) is 6.40. The quantitative estimate of drug-likeness (QED) is 0.461. The van der Waals surface area contributed by atoms with Crippen LogP contribution in [-0.4, -0.2) is 52.4 Å². The number of ether oxygens (including phenoxy) is 1. The highest BCUT2D eigenvalue weighted by molar-refractivity contribution is 7.90. The second-order valence-corrected chi connectivity index (χ2v) is 7.68. The molecule has 1 fully saturated rings. The minimum Gasteiger partial charge on any atom is -0.399 e. The van der Waals surface area contributed by atoms with Gasteiger partial charge in [0.05, 0.1) is 11.4 Å². The van der Waals surface area contributed by atoms with Crippen LogP contribution >= 0.6 is 0 Å². The maximum absolute atomic E-state index is 12.5. The molecule has 1 aromatic carbocycles. The summed E-state index contributed by atoms with van der Waals surface area (Å²) in [7, 11) is -2.21. The van der Waals surface area contributed by atoms with Gasteiger partial charge in [0.2, 0.25) is 5.96 Å². The van der Waals surface area contributed by atoms with Crippen LogP contribution in [-0.2, 0) is 14.8 Å². The van der Waals surface area contributed by atoms with Gasteiger partial charge in [-0.3, -0.25) is 4.99 Å². The fourth-order valence-corrected chi connectivity index (χ4v) is 3.86. The SMILES string of the molecule is CN=C(NS(=O)(=O)c1ccc(N)cc1)N1CC2(C=N1)CCOCC2. The van der Waals surface area contributed by atoms with Gasteiger partial charge in [-0.15, -0.1) is 0 Å². The van der Waals surface area contributed by atoms with Crippen LogP contribution in [0.25, 0.3) is 0 Å². The lowest BCUT2D eigenvalue weighted by molar-refractivity contribution is 0.0453. The molecule has 1 aromatic rings. The van der Waals surface area contributed by atoms with E-state index in [1.165, 1.54) is 19.2 Å². The van der Waals surface area contributed by atoms with Gasteiger partial charge in [0.15, 0.2) is 0 Å². The highest BCUT2D eigenvalue weighted by Gasteiger charge is 2.38. The topological polar surface area (TPSA) is 109 Å². The molecule has 0 bridgehead atoms. The van der Waals surface area contributed by atoms with E-state index in [4.69, 9.17) is 10.5 Å². The van der Waals surface area contributed by atoms with E-state index in [0.717, 1.165) is 12.8 Å². The first-order chi connectivity index (χ1) is 11.4. The number of aliphatic imine (C=N–C) groups is 1. The summed E-state index contributed by atoms with van der Waals surface area (Å²) in [5.41, 5.74) is 6.03. The molecule has 130 valence electrons. The van der Waals surface area contributed by atoms with Crippen molar-refractivity contribution in [3.8, 4) is 0 Å². The average molecular weight is 351 g/mol. The summed E-state index contributed by atoms with van der Waals surface area (Å²) in [6.45, 7) is 1.97. The van der Waals surface area contributed by atoms with Crippen molar-refractivity contribution in [1.29, 1.82) is 0 Å². The van der Waals surface area contributed by atoms with Crippen LogP contribution in [0, 0.1) is 5.41 Å². The summed E-state index contributed by atoms with van der Waals surface area (Å²) in [5, 5.41) is 5.95. The lowest BCUT2D eigenvalue weighted by atomic mass is 9.82. The molecule has 24 heavy (non-hydrogen) atoms. The number of hydrogen-bond acceptors (Lipinski definition) is 6. The van der Waals surface area contributed by atoms with E-state index in [1.807, 2.05) is 6.21 Å². The predicted molar refractivity (Wildman–Crippen MR) is 92.2 cm³/mol. The summed E-state index contributed by atoms with van der Waals surface area (Å²) >= 11 is 0.